The molecule has 0 amide bonds. The first kappa shape index (κ1) is 18.2. The van der Waals surface area contributed by atoms with Gasteiger partial charge in [0.2, 0.25) is 11.7 Å². The molecule has 2 heterocycles. The van der Waals surface area contributed by atoms with E-state index in [1.807, 2.05) is 26.0 Å². The Morgan fingerprint density at radius 1 is 1.22 bits per heavy atom. The maximum absolute atomic E-state index is 12.8. The van der Waals surface area contributed by atoms with Crippen LogP contribution in [0.4, 0.5) is 5.69 Å². The van der Waals surface area contributed by atoms with Crippen LogP contribution in [0.25, 0.3) is 11.4 Å². The molecule has 1 N–H and O–H groups in total. The van der Waals surface area contributed by atoms with Crippen molar-refractivity contribution in [2.75, 3.05) is 4.72 Å². The van der Waals surface area contributed by atoms with Crippen LogP contribution in [0.15, 0.2) is 38.4 Å². The normalized spacial score (nSPS) is 15.3. The van der Waals surface area contributed by atoms with Crippen LogP contribution in [0.2, 0.25) is 0 Å². The van der Waals surface area contributed by atoms with Crippen molar-refractivity contribution in [1.29, 1.82) is 0 Å². The van der Waals surface area contributed by atoms with Gasteiger partial charge in [0, 0.05) is 16.9 Å². The van der Waals surface area contributed by atoms with Crippen LogP contribution in [0.5, 0.6) is 0 Å². The van der Waals surface area contributed by atoms with Crippen LogP contribution in [-0.2, 0) is 10.0 Å². The lowest BCUT2D eigenvalue weighted by atomic mass is 10.1. The molecule has 27 heavy (non-hydrogen) atoms. The highest BCUT2D eigenvalue weighted by atomic mass is 32.2. The van der Waals surface area contributed by atoms with Crippen LogP contribution >= 0.6 is 11.3 Å². The predicted molar refractivity (Wildman–Crippen MR) is 106 cm³/mol. The minimum absolute atomic E-state index is 0.227. The number of anilines is 1. The first-order valence-electron chi connectivity index (χ1n) is 8.95. The van der Waals surface area contributed by atoms with Crippen molar-refractivity contribution in [3.8, 4) is 11.4 Å². The van der Waals surface area contributed by atoms with Crippen molar-refractivity contribution >= 4 is 27.0 Å². The SMILES string of the molecule is Cc1cccc(NS(=O)(=O)c2cc(-c3noc(C4CCCC4)n3)cs2)c1C. The molecular weight excluding hydrogens is 382 g/mol. The molecular formula is C19H21N3O3S2. The third-order valence-electron chi connectivity index (χ3n) is 5.09. The Labute approximate surface area is 162 Å². The maximum Gasteiger partial charge on any atom is 0.271 e. The number of hydrogen-bond acceptors (Lipinski definition) is 6. The van der Waals surface area contributed by atoms with Gasteiger partial charge in [-0.2, -0.15) is 4.98 Å². The summed E-state index contributed by atoms with van der Waals surface area (Å²) >= 11 is 1.15. The van der Waals surface area contributed by atoms with E-state index in [0.717, 1.165) is 35.3 Å². The molecule has 1 fully saturated rings. The number of benzene rings is 1. The van der Waals surface area contributed by atoms with Crippen LogP contribution in [0, 0.1) is 13.8 Å². The predicted octanol–water partition coefficient (Wildman–Crippen LogP) is 4.87. The van der Waals surface area contributed by atoms with Crippen molar-refractivity contribution < 1.29 is 12.9 Å². The minimum Gasteiger partial charge on any atom is -0.339 e. The highest BCUT2D eigenvalue weighted by Gasteiger charge is 2.24. The van der Waals surface area contributed by atoms with Crippen LogP contribution in [0.3, 0.4) is 0 Å². The summed E-state index contributed by atoms with van der Waals surface area (Å²) in [5.74, 6) is 1.44. The number of nitrogens with one attached hydrogen (secondary N) is 1. The molecule has 6 nitrogen and oxygen atoms in total. The van der Waals surface area contributed by atoms with E-state index < -0.39 is 10.0 Å². The van der Waals surface area contributed by atoms with E-state index in [2.05, 4.69) is 14.9 Å². The van der Waals surface area contributed by atoms with Gasteiger partial charge in [-0.15, -0.1) is 11.3 Å². The molecule has 1 aliphatic rings. The van der Waals surface area contributed by atoms with E-state index in [4.69, 9.17) is 4.52 Å². The number of nitrogens with zero attached hydrogens (tertiary/aromatic N) is 2. The van der Waals surface area contributed by atoms with Gasteiger partial charge in [-0.05, 0) is 49.9 Å². The Hall–Kier alpha value is -2.19. The van der Waals surface area contributed by atoms with Gasteiger partial charge in [-0.1, -0.05) is 30.1 Å². The second-order valence-corrected chi connectivity index (χ2v) is 9.77. The fourth-order valence-electron chi connectivity index (χ4n) is 3.32. The Morgan fingerprint density at radius 2 is 2.00 bits per heavy atom. The molecule has 8 heteroatoms. The number of aryl methyl sites for hydroxylation is 1. The third kappa shape index (κ3) is 3.64. The molecule has 4 rings (SSSR count). The van der Waals surface area contributed by atoms with Gasteiger partial charge < -0.3 is 4.52 Å². The summed E-state index contributed by atoms with van der Waals surface area (Å²) in [5, 5.41) is 5.79. The van der Waals surface area contributed by atoms with Gasteiger partial charge in [0.15, 0.2) is 0 Å². The Morgan fingerprint density at radius 3 is 2.78 bits per heavy atom. The molecule has 0 spiro atoms. The highest BCUT2D eigenvalue weighted by molar-refractivity contribution is 7.94. The van der Waals surface area contributed by atoms with Crippen molar-refractivity contribution in [3.05, 3.63) is 46.7 Å². The lowest BCUT2D eigenvalue weighted by Crippen LogP contribution is -2.12. The van der Waals surface area contributed by atoms with Crippen molar-refractivity contribution in [2.45, 2.75) is 49.7 Å². The zero-order chi connectivity index (χ0) is 19.0. The summed E-state index contributed by atoms with van der Waals surface area (Å²) in [6, 6.07) is 7.15. The third-order valence-corrected chi connectivity index (χ3v) is 7.90. The average molecular weight is 404 g/mol. The zero-order valence-electron chi connectivity index (χ0n) is 15.2. The van der Waals surface area contributed by atoms with Gasteiger partial charge >= 0.3 is 0 Å². The fourth-order valence-corrected chi connectivity index (χ4v) is 5.60. The molecule has 1 aliphatic carbocycles. The van der Waals surface area contributed by atoms with Crippen LogP contribution < -0.4 is 4.72 Å². The summed E-state index contributed by atoms with van der Waals surface area (Å²) in [7, 11) is -3.67. The first-order chi connectivity index (χ1) is 12.9. The van der Waals surface area contributed by atoms with E-state index in [1.165, 1.54) is 12.8 Å². The smallest absolute Gasteiger partial charge is 0.271 e. The number of thiophene rings is 1. The summed E-state index contributed by atoms with van der Waals surface area (Å²) in [6.45, 7) is 3.85. The Balaban J connectivity index is 1.57. The lowest BCUT2D eigenvalue weighted by molar-refractivity contribution is 0.354. The Bertz CT molecular complexity index is 1060. The monoisotopic (exact) mass is 403 g/mol. The molecule has 1 saturated carbocycles. The molecule has 0 bridgehead atoms. The van der Waals surface area contributed by atoms with E-state index in [1.54, 1.807) is 17.5 Å². The van der Waals surface area contributed by atoms with Gasteiger partial charge in [0.1, 0.15) is 4.21 Å². The van der Waals surface area contributed by atoms with Crippen LogP contribution in [0.1, 0.15) is 48.6 Å². The van der Waals surface area contributed by atoms with Crippen molar-refractivity contribution in [1.82, 2.24) is 10.1 Å². The number of rotatable bonds is 5. The summed E-state index contributed by atoms with van der Waals surface area (Å²) in [6.07, 6.45) is 4.52. The van der Waals surface area contributed by atoms with Gasteiger partial charge in [-0.25, -0.2) is 8.42 Å². The molecule has 0 aliphatic heterocycles. The lowest BCUT2D eigenvalue weighted by Gasteiger charge is -2.10. The Kier molecular flexibility index (Phi) is 4.77. The summed E-state index contributed by atoms with van der Waals surface area (Å²) in [5.41, 5.74) is 3.20. The molecule has 0 radical (unpaired) electrons. The zero-order valence-corrected chi connectivity index (χ0v) is 16.9. The average Bonchev–Trinajstić information content (AvgIpc) is 3.39. The summed E-state index contributed by atoms with van der Waals surface area (Å²) < 4.78 is 33.8. The maximum atomic E-state index is 12.8. The fraction of sp³-hybridized carbons (Fsp3) is 0.368. The van der Waals surface area contributed by atoms with Crippen molar-refractivity contribution in [2.24, 2.45) is 0 Å². The second kappa shape index (κ2) is 7.09. The van der Waals surface area contributed by atoms with Crippen molar-refractivity contribution in [3.63, 3.8) is 0 Å². The minimum atomic E-state index is -3.67. The molecule has 142 valence electrons. The number of sulfonamides is 1. The largest absolute Gasteiger partial charge is 0.339 e. The molecule has 0 unspecified atom stereocenters. The topological polar surface area (TPSA) is 85.1 Å². The van der Waals surface area contributed by atoms with E-state index >= 15 is 0 Å². The molecule has 2 aromatic heterocycles. The number of hydrogen-bond donors (Lipinski definition) is 1. The van der Waals surface area contributed by atoms with Crippen LogP contribution in [-0.4, -0.2) is 18.6 Å². The highest BCUT2D eigenvalue weighted by Crippen LogP contribution is 2.35. The first-order valence-corrected chi connectivity index (χ1v) is 11.3. The van der Waals surface area contributed by atoms with E-state index in [-0.39, 0.29) is 4.21 Å². The molecule has 0 atom stereocenters. The molecule has 1 aromatic carbocycles. The van der Waals surface area contributed by atoms with E-state index in [9.17, 15) is 8.42 Å². The standard InChI is InChI=1S/C19H21N3O3S2/c1-12-6-5-9-16(13(12)2)22-27(23,24)17-10-15(11-26-17)18-20-19(25-21-18)14-7-3-4-8-14/h5-6,9-11,14,22H,3-4,7-8H2,1-2H3. The van der Waals surface area contributed by atoms with Gasteiger partial charge in [0.25, 0.3) is 10.0 Å². The second-order valence-electron chi connectivity index (χ2n) is 6.94. The quantitative estimate of drug-likeness (QED) is 0.657. The molecule has 3 aromatic rings. The van der Waals surface area contributed by atoms with Gasteiger partial charge in [-0.3, -0.25) is 4.72 Å². The summed E-state index contributed by atoms with van der Waals surface area (Å²) in [4.78, 5) is 4.48. The number of aromatic nitrogens is 2. The van der Waals surface area contributed by atoms with E-state index in [0.29, 0.717) is 28.9 Å². The molecule has 0 saturated heterocycles. The van der Waals surface area contributed by atoms with Gasteiger partial charge in [0.05, 0.1) is 5.69 Å².